The Morgan fingerprint density at radius 3 is 2.60 bits per heavy atom. The number of benzene rings is 1. The van der Waals surface area contributed by atoms with Crippen LogP contribution in [0, 0.1) is 0 Å². The first-order chi connectivity index (χ1) is 9.40. The molecule has 0 aliphatic carbocycles. The summed E-state index contributed by atoms with van der Waals surface area (Å²) in [5.41, 5.74) is 0. The summed E-state index contributed by atoms with van der Waals surface area (Å²) < 4.78 is 0. The summed E-state index contributed by atoms with van der Waals surface area (Å²) >= 11 is 1.87. The van der Waals surface area contributed by atoms with Crippen molar-refractivity contribution in [2.75, 3.05) is 31.9 Å². The van der Waals surface area contributed by atoms with Gasteiger partial charge in [0.05, 0.1) is 6.54 Å². The fourth-order valence-corrected chi connectivity index (χ4v) is 2.95. The third-order valence-corrected chi connectivity index (χ3v) is 4.10. The number of halogens is 1. The summed E-state index contributed by atoms with van der Waals surface area (Å²) in [4.78, 5) is 8.42. The van der Waals surface area contributed by atoms with E-state index in [1.807, 2.05) is 11.8 Å². The molecule has 0 saturated carbocycles. The molecule has 0 radical (unpaired) electrons. The van der Waals surface area contributed by atoms with Crippen molar-refractivity contribution in [1.29, 1.82) is 0 Å². The van der Waals surface area contributed by atoms with E-state index in [0.717, 1.165) is 37.9 Å². The number of aliphatic imine (C=N–C) groups is 1. The van der Waals surface area contributed by atoms with Crippen molar-refractivity contribution in [3.63, 3.8) is 0 Å². The third-order valence-electron chi connectivity index (χ3n) is 3.11. The standard InChI is InChI=1S/C15H23N3S.HI/c1-2-16-15(18-11-6-7-12-18)17-10-13-19-14-8-4-3-5-9-14;/h3-5,8-9H,2,6-7,10-13H2,1H3,(H,16,17);1H. The van der Waals surface area contributed by atoms with Gasteiger partial charge >= 0.3 is 0 Å². The lowest BCUT2D eigenvalue weighted by molar-refractivity contribution is 0.494. The van der Waals surface area contributed by atoms with Gasteiger partial charge < -0.3 is 10.2 Å². The fraction of sp³-hybridized carbons (Fsp3) is 0.533. The molecule has 1 fully saturated rings. The maximum absolute atomic E-state index is 4.72. The Bertz CT molecular complexity index is 391. The normalized spacial score (nSPS) is 15.1. The zero-order valence-electron chi connectivity index (χ0n) is 12.0. The quantitative estimate of drug-likeness (QED) is 0.267. The SMILES string of the molecule is CCNC(=NCCSc1ccccc1)N1CCCC1.I. The second-order valence-electron chi connectivity index (χ2n) is 4.59. The third kappa shape index (κ3) is 5.91. The second kappa shape index (κ2) is 10.3. The highest BCUT2D eigenvalue weighted by Crippen LogP contribution is 2.16. The number of nitrogens with one attached hydrogen (secondary N) is 1. The maximum atomic E-state index is 4.72. The van der Waals surface area contributed by atoms with Crippen LogP contribution in [0.1, 0.15) is 19.8 Å². The summed E-state index contributed by atoms with van der Waals surface area (Å²) in [7, 11) is 0. The summed E-state index contributed by atoms with van der Waals surface area (Å²) in [5.74, 6) is 2.13. The number of nitrogens with zero attached hydrogens (tertiary/aromatic N) is 2. The van der Waals surface area contributed by atoms with Gasteiger partial charge in [0.2, 0.25) is 0 Å². The monoisotopic (exact) mass is 405 g/mol. The van der Waals surface area contributed by atoms with E-state index in [1.165, 1.54) is 17.7 Å². The fourth-order valence-electron chi connectivity index (χ4n) is 2.19. The smallest absolute Gasteiger partial charge is 0.193 e. The Hall–Kier alpha value is -0.430. The van der Waals surface area contributed by atoms with E-state index in [0.29, 0.717) is 0 Å². The number of thioether (sulfide) groups is 1. The highest BCUT2D eigenvalue weighted by Gasteiger charge is 2.14. The van der Waals surface area contributed by atoms with Crippen molar-refractivity contribution in [3.8, 4) is 0 Å². The van der Waals surface area contributed by atoms with Gasteiger partial charge in [0.1, 0.15) is 0 Å². The van der Waals surface area contributed by atoms with Crippen molar-refractivity contribution in [2.45, 2.75) is 24.7 Å². The lowest BCUT2D eigenvalue weighted by Crippen LogP contribution is -2.39. The number of rotatable bonds is 5. The van der Waals surface area contributed by atoms with Crippen LogP contribution >= 0.6 is 35.7 Å². The molecule has 2 rings (SSSR count). The summed E-state index contributed by atoms with van der Waals surface area (Å²) in [6.07, 6.45) is 2.59. The molecule has 1 heterocycles. The van der Waals surface area contributed by atoms with Gasteiger partial charge in [-0.1, -0.05) is 18.2 Å². The van der Waals surface area contributed by atoms with Gasteiger partial charge in [-0.25, -0.2) is 0 Å². The Labute approximate surface area is 143 Å². The van der Waals surface area contributed by atoms with Crippen LogP contribution in [0.3, 0.4) is 0 Å². The van der Waals surface area contributed by atoms with Crippen LogP contribution in [0.25, 0.3) is 0 Å². The Morgan fingerprint density at radius 1 is 1.25 bits per heavy atom. The lowest BCUT2D eigenvalue weighted by Gasteiger charge is -2.20. The van der Waals surface area contributed by atoms with Crippen LogP contribution in [0.2, 0.25) is 0 Å². The molecule has 1 aromatic rings. The van der Waals surface area contributed by atoms with Crippen molar-refractivity contribution < 1.29 is 0 Å². The van der Waals surface area contributed by atoms with E-state index >= 15 is 0 Å². The Kier molecular flexibility index (Phi) is 9.09. The first kappa shape index (κ1) is 17.6. The molecule has 112 valence electrons. The molecule has 0 atom stereocenters. The molecule has 5 heteroatoms. The van der Waals surface area contributed by atoms with Crippen LogP contribution in [0.4, 0.5) is 0 Å². The summed E-state index contributed by atoms with van der Waals surface area (Å²) in [6, 6.07) is 10.5. The zero-order chi connectivity index (χ0) is 13.3. The molecule has 20 heavy (non-hydrogen) atoms. The van der Waals surface area contributed by atoms with Gasteiger partial charge in [-0.2, -0.15) is 0 Å². The molecule has 0 spiro atoms. The second-order valence-corrected chi connectivity index (χ2v) is 5.76. The Morgan fingerprint density at radius 2 is 1.95 bits per heavy atom. The van der Waals surface area contributed by atoms with Gasteiger partial charge in [-0.05, 0) is 31.9 Å². The predicted octanol–water partition coefficient (Wildman–Crippen LogP) is 3.46. The lowest BCUT2D eigenvalue weighted by atomic mass is 10.4. The molecule has 0 bridgehead atoms. The van der Waals surface area contributed by atoms with Crippen molar-refractivity contribution >= 4 is 41.7 Å². The minimum absolute atomic E-state index is 0. The molecular formula is C15H24IN3S. The van der Waals surface area contributed by atoms with Crippen LogP contribution in [-0.4, -0.2) is 42.8 Å². The maximum Gasteiger partial charge on any atom is 0.193 e. The number of hydrogen-bond donors (Lipinski definition) is 1. The van der Waals surface area contributed by atoms with E-state index < -0.39 is 0 Å². The van der Waals surface area contributed by atoms with Gasteiger partial charge in [0.15, 0.2) is 5.96 Å². The molecular weight excluding hydrogens is 381 g/mol. The van der Waals surface area contributed by atoms with Crippen LogP contribution in [-0.2, 0) is 0 Å². The predicted molar refractivity (Wildman–Crippen MR) is 99.4 cm³/mol. The van der Waals surface area contributed by atoms with E-state index in [4.69, 9.17) is 4.99 Å². The van der Waals surface area contributed by atoms with Crippen molar-refractivity contribution in [2.24, 2.45) is 4.99 Å². The largest absolute Gasteiger partial charge is 0.357 e. The van der Waals surface area contributed by atoms with Crippen LogP contribution in [0.15, 0.2) is 40.2 Å². The van der Waals surface area contributed by atoms with E-state index in [1.54, 1.807) is 0 Å². The highest BCUT2D eigenvalue weighted by atomic mass is 127. The van der Waals surface area contributed by atoms with Crippen LogP contribution in [0.5, 0.6) is 0 Å². The molecule has 3 nitrogen and oxygen atoms in total. The van der Waals surface area contributed by atoms with E-state index in [2.05, 4.69) is 47.5 Å². The van der Waals surface area contributed by atoms with Crippen molar-refractivity contribution in [1.82, 2.24) is 10.2 Å². The summed E-state index contributed by atoms with van der Waals surface area (Å²) in [6.45, 7) is 6.25. The van der Waals surface area contributed by atoms with E-state index in [-0.39, 0.29) is 24.0 Å². The highest BCUT2D eigenvalue weighted by molar-refractivity contribution is 14.0. The summed E-state index contributed by atoms with van der Waals surface area (Å²) in [5, 5.41) is 3.39. The molecule has 1 saturated heterocycles. The van der Waals surface area contributed by atoms with Gasteiger partial charge in [0, 0.05) is 30.3 Å². The number of likely N-dealkylation sites (tertiary alicyclic amines) is 1. The zero-order valence-corrected chi connectivity index (χ0v) is 15.2. The average molecular weight is 405 g/mol. The molecule has 0 unspecified atom stereocenters. The first-order valence-electron chi connectivity index (χ1n) is 7.11. The van der Waals surface area contributed by atoms with E-state index in [9.17, 15) is 0 Å². The topological polar surface area (TPSA) is 27.6 Å². The molecule has 1 aliphatic rings. The first-order valence-corrected chi connectivity index (χ1v) is 8.10. The minimum atomic E-state index is 0. The molecule has 0 amide bonds. The van der Waals surface area contributed by atoms with Gasteiger partial charge in [-0.15, -0.1) is 35.7 Å². The molecule has 1 N–H and O–H groups in total. The average Bonchev–Trinajstić information content (AvgIpc) is 2.97. The molecule has 1 aliphatic heterocycles. The molecule has 1 aromatic carbocycles. The van der Waals surface area contributed by atoms with Crippen LogP contribution < -0.4 is 5.32 Å². The van der Waals surface area contributed by atoms with Gasteiger partial charge in [0.25, 0.3) is 0 Å². The van der Waals surface area contributed by atoms with Gasteiger partial charge in [-0.3, -0.25) is 4.99 Å². The van der Waals surface area contributed by atoms with Crippen molar-refractivity contribution in [3.05, 3.63) is 30.3 Å². The minimum Gasteiger partial charge on any atom is -0.357 e. The number of guanidine groups is 1. The molecule has 0 aromatic heterocycles. The Balaban J connectivity index is 0.00000200. The number of hydrogen-bond acceptors (Lipinski definition) is 2.